The molecule has 3 aromatic rings. The fourth-order valence-electron chi connectivity index (χ4n) is 6.51. The molecule has 11 heteroatoms. The van der Waals surface area contributed by atoms with Gasteiger partial charge in [0.2, 0.25) is 0 Å². The maximum Gasteiger partial charge on any atom is 0.410 e. The van der Waals surface area contributed by atoms with E-state index in [9.17, 15) is 4.79 Å². The van der Waals surface area contributed by atoms with E-state index in [1.54, 1.807) is 0 Å². The van der Waals surface area contributed by atoms with Gasteiger partial charge in [0.15, 0.2) is 5.82 Å². The van der Waals surface area contributed by atoms with Gasteiger partial charge in [0, 0.05) is 56.2 Å². The standard InChI is InChI=1S/C31H42N8O3/c1-31(2,3)42-30(40)39-21-9-10-22(39)17-23(16-21)37(5)27-14-13-26(35-36-27)25-12-11-24(29(32-4)34-25)20-18-33-38(19-20)28-8-6-7-15-41-28/h11-14,18-19,21-23,28H,6-10,15-17H2,1-5H3,(H,32,34)/t21-,22+,23?,28?. The van der Waals surface area contributed by atoms with E-state index >= 15 is 0 Å². The Morgan fingerprint density at radius 2 is 1.81 bits per heavy atom. The lowest BCUT2D eigenvalue weighted by molar-refractivity contribution is -0.0394. The first-order valence-corrected chi connectivity index (χ1v) is 15.1. The largest absolute Gasteiger partial charge is 0.444 e. The van der Waals surface area contributed by atoms with E-state index in [1.165, 1.54) is 0 Å². The summed E-state index contributed by atoms with van der Waals surface area (Å²) >= 11 is 0. The SMILES string of the molecule is CNc1nc(-c2ccc(N(C)C3C[C@H]4CC[C@@H](C3)N4C(=O)OC(C)(C)C)nn2)ccc1-c1cnn(C2CCCCO2)c1. The number of aromatic nitrogens is 5. The van der Waals surface area contributed by atoms with Crippen LogP contribution in [-0.4, -0.2) is 80.4 Å². The maximum atomic E-state index is 12.9. The molecule has 6 rings (SSSR count). The van der Waals surface area contributed by atoms with Gasteiger partial charge in [-0.1, -0.05) is 0 Å². The third-order valence-electron chi connectivity index (χ3n) is 8.63. The van der Waals surface area contributed by atoms with E-state index in [2.05, 4.69) is 32.6 Å². The molecule has 3 aliphatic heterocycles. The van der Waals surface area contributed by atoms with Gasteiger partial charge in [-0.3, -0.25) is 0 Å². The van der Waals surface area contributed by atoms with Crippen molar-refractivity contribution in [2.75, 3.05) is 30.9 Å². The van der Waals surface area contributed by atoms with Crippen molar-refractivity contribution < 1.29 is 14.3 Å². The third kappa shape index (κ3) is 5.79. The van der Waals surface area contributed by atoms with Crippen LogP contribution >= 0.6 is 0 Å². The number of nitrogens with one attached hydrogen (secondary N) is 1. The van der Waals surface area contributed by atoms with E-state index in [4.69, 9.17) is 14.5 Å². The molecule has 0 saturated carbocycles. The number of amides is 1. The highest BCUT2D eigenvalue weighted by Gasteiger charge is 2.46. The summed E-state index contributed by atoms with van der Waals surface area (Å²) in [6.45, 7) is 6.54. The minimum absolute atomic E-state index is 0.00243. The van der Waals surface area contributed by atoms with E-state index in [1.807, 2.05) is 74.1 Å². The van der Waals surface area contributed by atoms with Crippen LogP contribution in [0.4, 0.5) is 16.4 Å². The number of hydrogen-bond donors (Lipinski definition) is 1. The second-order valence-electron chi connectivity index (χ2n) is 12.7. The summed E-state index contributed by atoms with van der Waals surface area (Å²) in [7, 11) is 3.94. The summed E-state index contributed by atoms with van der Waals surface area (Å²) < 4.78 is 13.5. The predicted octanol–water partition coefficient (Wildman–Crippen LogP) is 5.51. The number of nitrogens with zero attached hydrogens (tertiary/aromatic N) is 7. The van der Waals surface area contributed by atoms with Gasteiger partial charge in [-0.25, -0.2) is 14.5 Å². The smallest absolute Gasteiger partial charge is 0.410 e. The lowest BCUT2D eigenvalue weighted by Gasteiger charge is -2.42. The molecular formula is C31H42N8O3. The van der Waals surface area contributed by atoms with Gasteiger partial charge in [0.05, 0.1) is 11.9 Å². The predicted molar refractivity (Wildman–Crippen MR) is 161 cm³/mol. The number of piperidine rings is 1. The molecule has 3 saturated heterocycles. The Labute approximate surface area is 247 Å². The second-order valence-corrected chi connectivity index (χ2v) is 12.7. The van der Waals surface area contributed by atoms with Crippen LogP contribution in [0.3, 0.4) is 0 Å². The van der Waals surface area contributed by atoms with Gasteiger partial charge in [0.1, 0.15) is 23.3 Å². The molecule has 1 N–H and O–H groups in total. The molecule has 2 unspecified atom stereocenters. The molecule has 224 valence electrons. The van der Waals surface area contributed by atoms with Crippen LogP contribution < -0.4 is 10.2 Å². The van der Waals surface area contributed by atoms with Crippen molar-refractivity contribution in [3.8, 4) is 22.5 Å². The van der Waals surface area contributed by atoms with Crippen LogP contribution in [0, 0.1) is 0 Å². The zero-order valence-electron chi connectivity index (χ0n) is 25.3. The van der Waals surface area contributed by atoms with Gasteiger partial charge < -0.3 is 24.6 Å². The molecule has 0 radical (unpaired) electrons. The zero-order chi connectivity index (χ0) is 29.4. The number of ether oxygens (including phenoxy) is 2. The molecule has 2 bridgehead atoms. The number of rotatable bonds is 6. The lowest BCUT2D eigenvalue weighted by atomic mass is 9.96. The highest BCUT2D eigenvalue weighted by Crippen LogP contribution is 2.39. The van der Waals surface area contributed by atoms with E-state index in [0.717, 1.165) is 80.0 Å². The Kier molecular flexibility index (Phi) is 7.78. The van der Waals surface area contributed by atoms with Crippen molar-refractivity contribution in [2.45, 2.75) is 95.7 Å². The fraction of sp³-hybridized carbons (Fsp3) is 0.581. The van der Waals surface area contributed by atoms with E-state index < -0.39 is 5.60 Å². The topological polar surface area (TPSA) is 111 Å². The number of hydrogen-bond acceptors (Lipinski definition) is 9. The van der Waals surface area contributed by atoms with Crippen molar-refractivity contribution >= 4 is 17.7 Å². The highest BCUT2D eigenvalue weighted by atomic mass is 16.6. The van der Waals surface area contributed by atoms with Crippen LogP contribution in [0.15, 0.2) is 36.7 Å². The second kappa shape index (κ2) is 11.5. The summed E-state index contributed by atoms with van der Waals surface area (Å²) in [6.07, 6.45) is 10.8. The lowest BCUT2D eigenvalue weighted by Crippen LogP contribution is -2.53. The molecule has 1 amide bonds. The summed E-state index contributed by atoms with van der Waals surface area (Å²) in [6, 6.07) is 8.69. The van der Waals surface area contributed by atoms with Crippen LogP contribution in [0.1, 0.15) is 71.9 Å². The fourth-order valence-corrected chi connectivity index (χ4v) is 6.51. The summed E-state index contributed by atoms with van der Waals surface area (Å²) in [5.41, 5.74) is 2.93. The number of carbonyl (C=O) groups is 1. The van der Waals surface area contributed by atoms with Crippen LogP contribution in [-0.2, 0) is 9.47 Å². The Balaban J connectivity index is 1.13. The van der Waals surface area contributed by atoms with Crippen LogP contribution in [0.5, 0.6) is 0 Å². The molecule has 3 aliphatic rings. The Morgan fingerprint density at radius 1 is 1.05 bits per heavy atom. The summed E-state index contributed by atoms with van der Waals surface area (Å²) in [4.78, 5) is 21.9. The van der Waals surface area contributed by atoms with Crippen molar-refractivity contribution in [1.82, 2.24) is 29.9 Å². The molecule has 0 spiro atoms. The molecule has 3 fully saturated rings. The van der Waals surface area contributed by atoms with Crippen molar-refractivity contribution in [3.63, 3.8) is 0 Å². The van der Waals surface area contributed by atoms with Crippen LogP contribution in [0.2, 0.25) is 0 Å². The molecule has 6 heterocycles. The number of fused-ring (bicyclic) bond motifs is 2. The van der Waals surface area contributed by atoms with Crippen molar-refractivity contribution in [2.24, 2.45) is 0 Å². The molecule has 0 aromatic carbocycles. The number of anilines is 2. The minimum atomic E-state index is -0.488. The third-order valence-corrected chi connectivity index (χ3v) is 8.63. The quantitative estimate of drug-likeness (QED) is 0.407. The maximum absolute atomic E-state index is 12.9. The molecule has 0 aliphatic carbocycles. The van der Waals surface area contributed by atoms with Gasteiger partial charge in [0.25, 0.3) is 0 Å². The highest BCUT2D eigenvalue weighted by molar-refractivity contribution is 5.76. The zero-order valence-corrected chi connectivity index (χ0v) is 25.3. The van der Waals surface area contributed by atoms with Gasteiger partial charge >= 0.3 is 6.09 Å². The number of carbonyl (C=O) groups excluding carboxylic acids is 1. The molecule has 3 aromatic heterocycles. The monoisotopic (exact) mass is 574 g/mol. The first-order chi connectivity index (χ1) is 20.2. The molecule has 11 nitrogen and oxygen atoms in total. The Hall–Kier alpha value is -3.73. The first kappa shape index (κ1) is 28.4. The van der Waals surface area contributed by atoms with Gasteiger partial charge in [-0.15, -0.1) is 10.2 Å². The summed E-state index contributed by atoms with van der Waals surface area (Å²) in [5.74, 6) is 1.57. The van der Waals surface area contributed by atoms with Gasteiger partial charge in [-0.2, -0.15) is 5.10 Å². The Bertz CT molecular complexity index is 1380. The Morgan fingerprint density at radius 3 is 2.45 bits per heavy atom. The number of pyridine rings is 1. The van der Waals surface area contributed by atoms with E-state index in [-0.39, 0.29) is 30.4 Å². The normalized spacial score (nSPS) is 24.0. The van der Waals surface area contributed by atoms with Crippen LogP contribution in [0.25, 0.3) is 22.5 Å². The average Bonchev–Trinajstić information content (AvgIpc) is 3.58. The average molecular weight is 575 g/mol. The van der Waals surface area contributed by atoms with Crippen molar-refractivity contribution in [1.29, 1.82) is 0 Å². The molecule has 4 atom stereocenters. The molecular weight excluding hydrogens is 532 g/mol. The first-order valence-electron chi connectivity index (χ1n) is 15.1. The van der Waals surface area contributed by atoms with Crippen molar-refractivity contribution in [3.05, 3.63) is 36.7 Å². The molecule has 42 heavy (non-hydrogen) atoms. The van der Waals surface area contributed by atoms with Gasteiger partial charge in [-0.05, 0) is 90.0 Å². The summed E-state index contributed by atoms with van der Waals surface area (Å²) in [5, 5.41) is 16.9. The minimum Gasteiger partial charge on any atom is -0.444 e. The van der Waals surface area contributed by atoms with E-state index in [0.29, 0.717) is 5.69 Å².